The lowest BCUT2D eigenvalue weighted by Gasteiger charge is -2.22. The average Bonchev–Trinajstić information content (AvgIpc) is 2.79. The van der Waals surface area contributed by atoms with Gasteiger partial charge in [0.1, 0.15) is 0 Å². The van der Waals surface area contributed by atoms with E-state index in [1.165, 1.54) is 22.5 Å². The van der Waals surface area contributed by atoms with Crippen LogP contribution >= 0.6 is 11.8 Å². The molecule has 3 aromatic rings. The number of sulfonamides is 1. The zero-order valence-corrected chi connectivity index (χ0v) is 20.2. The standard InChI is InChI=1S/C25H28N2O3S2/c1-19-12-14-22(15-13-19)32(29,30)27(3)24-11-7-6-10-23(24)25(28)26-16-17-31-18-21-9-5-4-8-20(21)2/h4-15H,16-18H2,1-3H3,(H,26,28). The number of benzene rings is 3. The monoisotopic (exact) mass is 468 g/mol. The summed E-state index contributed by atoms with van der Waals surface area (Å²) in [5.41, 5.74) is 4.20. The van der Waals surface area contributed by atoms with Crippen LogP contribution in [-0.2, 0) is 15.8 Å². The number of hydrogen-bond donors (Lipinski definition) is 1. The van der Waals surface area contributed by atoms with Crippen LogP contribution in [-0.4, -0.2) is 33.7 Å². The van der Waals surface area contributed by atoms with Gasteiger partial charge in [-0.25, -0.2) is 8.42 Å². The molecule has 0 unspecified atom stereocenters. The molecule has 168 valence electrons. The highest BCUT2D eigenvalue weighted by Gasteiger charge is 2.24. The van der Waals surface area contributed by atoms with Crippen molar-refractivity contribution in [3.8, 4) is 0 Å². The highest BCUT2D eigenvalue weighted by atomic mass is 32.2. The second-order valence-electron chi connectivity index (χ2n) is 7.54. The van der Waals surface area contributed by atoms with E-state index in [1.54, 1.807) is 60.3 Å². The molecule has 1 amide bonds. The summed E-state index contributed by atoms with van der Waals surface area (Å²) in [6, 6.07) is 21.7. The molecule has 0 aliphatic heterocycles. The van der Waals surface area contributed by atoms with Crippen molar-refractivity contribution in [2.75, 3.05) is 23.7 Å². The summed E-state index contributed by atoms with van der Waals surface area (Å²) in [6.07, 6.45) is 0. The normalized spacial score (nSPS) is 11.2. The molecule has 3 aromatic carbocycles. The number of thioether (sulfide) groups is 1. The maximum atomic E-state index is 13.1. The second-order valence-corrected chi connectivity index (χ2v) is 10.6. The van der Waals surface area contributed by atoms with Crippen LogP contribution in [0.2, 0.25) is 0 Å². The van der Waals surface area contributed by atoms with Gasteiger partial charge >= 0.3 is 0 Å². The van der Waals surface area contributed by atoms with Crippen LogP contribution < -0.4 is 9.62 Å². The number of carbonyl (C=O) groups excluding carboxylic acids is 1. The van der Waals surface area contributed by atoms with Crippen LogP contribution in [0, 0.1) is 13.8 Å². The van der Waals surface area contributed by atoms with Gasteiger partial charge in [0, 0.05) is 25.1 Å². The van der Waals surface area contributed by atoms with E-state index in [0.29, 0.717) is 17.8 Å². The quantitative estimate of drug-likeness (QED) is 0.459. The Bertz CT molecular complexity index is 1180. The number of nitrogens with one attached hydrogen (secondary N) is 1. The Balaban J connectivity index is 1.64. The molecule has 0 bridgehead atoms. The van der Waals surface area contributed by atoms with Crippen molar-refractivity contribution in [2.45, 2.75) is 24.5 Å². The number of rotatable bonds is 9. The molecule has 0 fully saturated rings. The van der Waals surface area contributed by atoms with E-state index >= 15 is 0 Å². The highest BCUT2D eigenvalue weighted by Crippen LogP contribution is 2.26. The molecule has 0 saturated carbocycles. The van der Waals surface area contributed by atoms with E-state index in [0.717, 1.165) is 17.1 Å². The minimum atomic E-state index is -3.78. The van der Waals surface area contributed by atoms with Crippen molar-refractivity contribution in [3.63, 3.8) is 0 Å². The van der Waals surface area contributed by atoms with Gasteiger partial charge < -0.3 is 5.32 Å². The molecule has 3 rings (SSSR count). The van der Waals surface area contributed by atoms with Gasteiger partial charge in [0.15, 0.2) is 0 Å². The largest absolute Gasteiger partial charge is 0.351 e. The highest BCUT2D eigenvalue weighted by molar-refractivity contribution is 7.98. The summed E-state index contributed by atoms with van der Waals surface area (Å²) in [6.45, 7) is 4.49. The fourth-order valence-electron chi connectivity index (χ4n) is 3.22. The zero-order valence-electron chi connectivity index (χ0n) is 18.5. The predicted molar refractivity (Wildman–Crippen MR) is 133 cm³/mol. The number of amides is 1. The van der Waals surface area contributed by atoms with Crippen molar-refractivity contribution >= 4 is 33.4 Å². The number of nitrogens with zero attached hydrogens (tertiary/aromatic N) is 1. The van der Waals surface area contributed by atoms with Gasteiger partial charge in [-0.1, -0.05) is 54.1 Å². The predicted octanol–water partition coefficient (Wildman–Crippen LogP) is 4.79. The Morgan fingerprint density at radius 2 is 1.59 bits per heavy atom. The Morgan fingerprint density at radius 1 is 0.938 bits per heavy atom. The van der Waals surface area contributed by atoms with Gasteiger partial charge in [-0.2, -0.15) is 11.8 Å². The minimum Gasteiger partial charge on any atom is -0.351 e. The maximum Gasteiger partial charge on any atom is 0.264 e. The fourth-order valence-corrected chi connectivity index (χ4v) is 5.37. The SMILES string of the molecule is Cc1ccc(S(=O)(=O)N(C)c2ccccc2C(=O)NCCSCc2ccccc2C)cc1. The van der Waals surface area contributed by atoms with E-state index in [2.05, 4.69) is 24.4 Å². The zero-order chi connectivity index (χ0) is 23.1. The van der Waals surface area contributed by atoms with E-state index in [9.17, 15) is 13.2 Å². The lowest BCUT2D eigenvalue weighted by atomic mass is 10.1. The molecule has 0 saturated heterocycles. The molecule has 0 atom stereocenters. The summed E-state index contributed by atoms with van der Waals surface area (Å²) in [7, 11) is -2.31. The molecule has 0 heterocycles. The first-order chi connectivity index (χ1) is 15.3. The first-order valence-electron chi connectivity index (χ1n) is 10.4. The lowest BCUT2D eigenvalue weighted by Crippen LogP contribution is -2.31. The van der Waals surface area contributed by atoms with E-state index in [1.807, 2.05) is 19.1 Å². The number of carbonyl (C=O) groups is 1. The van der Waals surface area contributed by atoms with Crippen LogP contribution in [0.3, 0.4) is 0 Å². The Morgan fingerprint density at radius 3 is 2.31 bits per heavy atom. The van der Waals surface area contributed by atoms with E-state index in [-0.39, 0.29) is 10.8 Å². The molecular weight excluding hydrogens is 440 g/mol. The molecule has 0 aliphatic carbocycles. The smallest absolute Gasteiger partial charge is 0.264 e. The summed E-state index contributed by atoms with van der Waals surface area (Å²) in [5.74, 6) is 1.36. The van der Waals surface area contributed by atoms with E-state index < -0.39 is 10.0 Å². The van der Waals surface area contributed by atoms with Gasteiger partial charge in [-0.3, -0.25) is 9.10 Å². The molecule has 5 nitrogen and oxygen atoms in total. The Hall–Kier alpha value is -2.77. The van der Waals surface area contributed by atoms with Crippen LogP contribution in [0.15, 0.2) is 77.7 Å². The molecule has 32 heavy (non-hydrogen) atoms. The van der Waals surface area contributed by atoms with Gasteiger partial charge in [-0.15, -0.1) is 0 Å². The molecule has 7 heteroatoms. The van der Waals surface area contributed by atoms with Crippen LogP contribution in [0.5, 0.6) is 0 Å². The summed E-state index contributed by atoms with van der Waals surface area (Å²) >= 11 is 1.75. The van der Waals surface area contributed by atoms with Gasteiger partial charge in [-0.05, 0) is 49.2 Å². The van der Waals surface area contributed by atoms with E-state index in [4.69, 9.17) is 0 Å². The number of aryl methyl sites for hydroxylation is 2. The first-order valence-corrected chi connectivity index (χ1v) is 13.0. The van der Waals surface area contributed by atoms with Crippen molar-refractivity contribution in [2.24, 2.45) is 0 Å². The van der Waals surface area contributed by atoms with Crippen molar-refractivity contribution in [3.05, 3.63) is 95.1 Å². The Labute approximate surface area is 194 Å². The number of para-hydroxylation sites is 1. The molecular formula is C25H28N2O3S2. The second kappa shape index (κ2) is 10.7. The minimum absolute atomic E-state index is 0.188. The molecule has 0 aromatic heterocycles. The third-order valence-electron chi connectivity index (χ3n) is 5.22. The third-order valence-corrected chi connectivity index (χ3v) is 8.01. The molecule has 0 aliphatic rings. The fraction of sp³-hybridized carbons (Fsp3) is 0.240. The van der Waals surface area contributed by atoms with Gasteiger partial charge in [0.05, 0.1) is 16.1 Å². The average molecular weight is 469 g/mol. The summed E-state index contributed by atoms with van der Waals surface area (Å²) < 4.78 is 27.3. The third kappa shape index (κ3) is 5.72. The Kier molecular flexibility index (Phi) is 7.99. The van der Waals surface area contributed by atoms with Crippen molar-refractivity contribution in [1.82, 2.24) is 5.32 Å². The lowest BCUT2D eigenvalue weighted by molar-refractivity contribution is 0.0957. The van der Waals surface area contributed by atoms with Crippen molar-refractivity contribution < 1.29 is 13.2 Å². The molecule has 0 spiro atoms. The topological polar surface area (TPSA) is 66.5 Å². The van der Waals surface area contributed by atoms with Crippen molar-refractivity contribution in [1.29, 1.82) is 0 Å². The first kappa shape index (κ1) is 23.9. The van der Waals surface area contributed by atoms with Gasteiger partial charge in [0.25, 0.3) is 15.9 Å². The molecule has 0 radical (unpaired) electrons. The number of hydrogen-bond acceptors (Lipinski definition) is 4. The van der Waals surface area contributed by atoms with Gasteiger partial charge in [0.2, 0.25) is 0 Å². The summed E-state index contributed by atoms with van der Waals surface area (Å²) in [4.78, 5) is 13.0. The maximum absolute atomic E-state index is 13.1. The molecule has 1 N–H and O–H groups in total. The van der Waals surface area contributed by atoms with Crippen LogP contribution in [0.4, 0.5) is 5.69 Å². The van der Waals surface area contributed by atoms with Crippen LogP contribution in [0.25, 0.3) is 0 Å². The van der Waals surface area contributed by atoms with Crippen LogP contribution in [0.1, 0.15) is 27.0 Å². The number of anilines is 1. The summed E-state index contributed by atoms with van der Waals surface area (Å²) in [5, 5.41) is 2.91.